The number of hydrogen-bond acceptors (Lipinski definition) is 7. The van der Waals surface area contributed by atoms with Crippen molar-refractivity contribution in [3.8, 4) is 11.5 Å². The fourth-order valence-electron chi connectivity index (χ4n) is 3.52. The van der Waals surface area contributed by atoms with Gasteiger partial charge in [-0.3, -0.25) is 0 Å². The van der Waals surface area contributed by atoms with E-state index in [2.05, 4.69) is 27.1 Å². The van der Waals surface area contributed by atoms with E-state index in [1.54, 1.807) is 20.5 Å². The molecular weight excluding hydrogens is 342 g/mol. The number of anilines is 3. The molecule has 27 heavy (non-hydrogen) atoms. The zero-order chi connectivity index (χ0) is 19.2. The third kappa shape index (κ3) is 4.53. The van der Waals surface area contributed by atoms with Gasteiger partial charge in [0.1, 0.15) is 12.0 Å². The number of nitrogens with two attached hydrogens (primary N) is 1. The number of nitrogen functional groups attached to an aromatic ring is 1. The Morgan fingerprint density at radius 2 is 2.04 bits per heavy atom. The highest BCUT2D eigenvalue weighted by molar-refractivity contribution is 5.75. The largest absolute Gasteiger partial charge is 0.493 e. The zero-order valence-electron chi connectivity index (χ0n) is 16.4. The van der Waals surface area contributed by atoms with Crippen LogP contribution in [0.5, 0.6) is 11.5 Å². The molecule has 0 saturated carbocycles. The molecule has 1 aromatic heterocycles. The summed E-state index contributed by atoms with van der Waals surface area (Å²) in [6.07, 6.45) is 4.84. The lowest BCUT2D eigenvalue weighted by atomic mass is 10.0. The van der Waals surface area contributed by atoms with Crippen molar-refractivity contribution >= 4 is 17.3 Å². The number of piperidine rings is 1. The summed E-state index contributed by atoms with van der Waals surface area (Å²) in [5, 5.41) is 3.34. The lowest BCUT2D eigenvalue weighted by molar-refractivity contribution is 0.354. The van der Waals surface area contributed by atoms with Crippen molar-refractivity contribution in [1.82, 2.24) is 9.97 Å². The van der Waals surface area contributed by atoms with Crippen molar-refractivity contribution in [2.24, 2.45) is 5.92 Å². The van der Waals surface area contributed by atoms with E-state index < -0.39 is 0 Å². The number of aromatic nitrogens is 2. The minimum Gasteiger partial charge on any atom is -0.493 e. The molecule has 2 heterocycles. The van der Waals surface area contributed by atoms with E-state index in [-0.39, 0.29) is 0 Å². The molecule has 0 amide bonds. The molecule has 7 nitrogen and oxygen atoms in total. The normalized spacial score (nSPS) is 16.9. The van der Waals surface area contributed by atoms with Gasteiger partial charge < -0.3 is 25.4 Å². The fraction of sp³-hybridized carbons (Fsp3) is 0.500. The molecular formula is C20H29N5O2. The predicted octanol–water partition coefficient (Wildman–Crippen LogP) is 2.97. The number of benzene rings is 1. The first kappa shape index (κ1) is 19.1. The first-order chi connectivity index (χ1) is 13.1. The van der Waals surface area contributed by atoms with Crippen LogP contribution in [-0.2, 0) is 6.42 Å². The highest BCUT2D eigenvalue weighted by Crippen LogP contribution is 2.30. The summed E-state index contributed by atoms with van der Waals surface area (Å²) in [6.45, 7) is 4.97. The van der Waals surface area contributed by atoms with Crippen LogP contribution >= 0.6 is 0 Å². The van der Waals surface area contributed by atoms with Gasteiger partial charge in [-0.05, 0) is 42.9 Å². The molecule has 1 unspecified atom stereocenters. The van der Waals surface area contributed by atoms with E-state index in [0.29, 0.717) is 24.0 Å². The quantitative estimate of drug-likeness (QED) is 0.774. The van der Waals surface area contributed by atoms with Crippen LogP contribution in [0.3, 0.4) is 0 Å². The summed E-state index contributed by atoms with van der Waals surface area (Å²) in [5.74, 6) is 3.66. The molecule has 0 radical (unpaired) electrons. The van der Waals surface area contributed by atoms with Crippen LogP contribution in [0, 0.1) is 5.92 Å². The van der Waals surface area contributed by atoms with Crippen molar-refractivity contribution in [1.29, 1.82) is 0 Å². The van der Waals surface area contributed by atoms with E-state index in [4.69, 9.17) is 15.2 Å². The molecule has 1 fully saturated rings. The lowest BCUT2D eigenvalue weighted by Crippen LogP contribution is -2.35. The van der Waals surface area contributed by atoms with Crippen molar-refractivity contribution in [2.75, 3.05) is 49.8 Å². The Labute approximate surface area is 160 Å². The molecule has 1 aromatic carbocycles. The molecule has 1 aliphatic rings. The van der Waals surface area contributed by atoms with Gasteiger partial charge in [-0.2, -0.15) is 0 Å². The maximum Gasteiger partial charge on any atom is 0.160 e. The smallest absolute Gasteiger partial charge is 0.160 e. The van der Waals surface area contributed by atoms with Gasteiger partial charge in [0.15, 0.2) is 23.1 Å². The topological polar surface area (TPSA) is 85.5 Å². The maximum absolute atomic E-state index is 6.36. The Bertz CT molecular complexity index is 768. The van der Waals surface area contributed by atoms with Crippen LogP contribution in [0.4, 0.5) is 17.3 Å². The standard InChI is InChI=1S/C20H29N5O2/c1-14-5-4-10-25(12-14)20-18(21)19(23-13-24-20)22-9-8-15-6-7-16(26-2)17(11-15)27-3/h6-7,11,13-14H,4-5,8-10,12,21H2,1-3H3,(H,22,23,24). The highest BCUT2D eigenvalue weighted by atomic mass is 16.5. The van der Waals surface area contributed by atoms with Gasteiger partial charge in [0.2, 0.25) is 0 Å². The second-order valence-corrected chi connectivity index (χ2v) is 7.02. The Kier molecular flexibility index (Phi) is 6.21. The van der Waals surface area contributed by atoms with Crippen LogP contribution in [0.1, 0.15) is 25.3 Å². The number of rotatable bonds is 7. The summed E-state index contributed by atoms with van der Waals surface area (Å²) in [6, 6.07) is 5.94. The Hall–Kier alpha value is -2.70. The molecule has 146 valence electrons. The van der Waals surface area contributed by atoms with Crippen LogP contribution in [0.15, 0.2) is 24.5 Å². The van der Waals surface area contributed by atoms with Crippen molar-refractivity contribution in [3.05, 3.63) is 30.1 Å². The average molecular weight is 371 g/mol. The van der Waals surface area contributed by atoms with E-state index in [1.807, 2.05) is 18.2 Å². The molecule has 0 aliphatic carbocycles. The monoisotopic (exact) mass is 371 g/mol. The van der Waals surface area contributed by atoms with Crippen molar-refractivity contribution in [3.63, 3.8) is 0 Å². The van der Waals surface area contributed by atoms with E-state index in [1.165, 1.54) is 12.8 Å². The van der Waals surface area contributed by atoms with Crippen LogP contribution in [0.2, 0.25) is 0 Å². The number of methoxy groups -OCH3 is 2. The molecule has 2 aromatic rings. The lowest BCUT2D eigenvalue weighted by Gasteiger charge is -2.32. The molecule has 1 aliphatic heterocycles. The number of nitrogens with zero attached hydrogens (tertiary/aromatic N) is 3. The second kappa shape index (κ2) is 8.79. The van der Waals surface area contributed by atoms with Crippen molar-refractivity contribution < 1.29 is 9.47 Å². The molecule has 1 saturated heterocycles. The summed E-state index contributed by atoms with van der Waals surface area (Å²) < 4.78 is 10.6. The van der Waals surface area contributed by atoms with Gasteiger partial charge in [-0.1, -0.05) is 13.0 Å². The zero-order valence-corrected chi connectivity index (χ0v) is 16.4. The second-order valence-electron chi connectivity index (χ2n) is 7.02. The highest BCUT2D eigenvalue weighted by Gasteiger charge is 2.21. The van der Waals surface area contributed by atoms with Crippen LogP contribution < -0.4 is 25.4 Å². The maximum atomic E-state index is 6.36. The SMILES string of the molecule is COc1ccc(CCNc2ncnc(N3CCCC(C)C3)c2N)cc1OC. The molecule has 1 atom stereocenters. The minimum absolute atomic E-state index is 0.624. The summed E-state index contributed by atoms with van der Waals surface area (Å²) in [4.78, 5) is 11.0. The molecule has 3 N–H and O–H groups in total. The van der Waals surface area contributed by atoms with Gasteiger partial charge >= 0.3 is 0 Å². The average Bonchev–Trinajstić information content (AvgIpc) is 2.69. The third-order valence-corrected chi connectivity index (χ3v) is 4.97. The van der Waals surface area contributed by atoms with E-state index >= 15 is 0 Å². The van der Waals surface area contributed by atoms with Gasteiger partial charge in [-0.15, -0.1) is 0 Å². The van der Waals surface area contributed by atoms with E-state index in [0.717, 1.165) is 42.4 Å². The van der Waals surface area contributed by atoms with Gasteiger partial charge in [0, 0.05) is 19.6 Å². The Balaban J connectivity index is 1.64. The number of ether oxygens (including phenoxy) is 2. The number of nitrogens with one attached hydrogen (secondary N) is 1. The van der Waals surface area contributed by atoms with Gasteiger partial charge in [-0.25, -0.2) is 9.97 Å². The third-order valence-electron chi connectivity index (χ3n) is 4.97. The van der Waals surface area contributed by atoms with Crippen LogP contribution in [0.25, 0.3) is 0 Å². The van der Waals surface area contributed by atoms with Gasteiger partial charge in [0.05, 0.1) is 14.2 Å². The molecule has 7 heteroatoms. The summed E-state index contributed by atoms with van der Waals surface area (Å²) >= 11 is 0. The van der Waals surface area contributed by atoms with E-state index in [9.17, 15) is 0 Å². The predicted molar refractivity (Wildman–Crippen MR) is 109 cm³/mol. The summed E-state index contributed by atoms with van der Waals surface area (Å²) in [5.41, 5.74) is 8.13. The Morgan fingerprint density at radius 3 is 2.78 bits per heavy atom. The molecule has 3 rings (SSSR count). The van der Waals surface area contributed by atoms with Gasteiger partial charge in [0.25, 0.3) is 0 Å². The first-order valence-electron chi connectivity index (χ1n) is 9.42. The molecule has 0 bridgehead atoms. The number of hydrogen-bond donors (Lipinski definition) is 2. The van der Waals surface area contributed by atoms with Crippen LogP contribution in [-0.4, -0.2) is 43.8 Å². The fourth-order valence-corrected chi connectivity index (χ4v) is 3.52. The Morgan fingerprint density at radius 1 is 1.22 bits per heavy atom. The minimum atomic E-state index is 0.624. The molecule has 0 spiro atoms. The first-order valence-corrected chi connectivity index (χ1v) is 9.42. The van der Waals surface area contributed by atoms with Crippen molar-refractivity contribution in [2.45, 2.75) is 26.2 Å². The summed E-state index contributed by atoms with van der Waals surface area (Å²) in [7, 11) is 3.28.